The van der Waals surface area contributed by atoms with E-state index in [0.29, 0.717) is 10.6 Å². The number of anilines is 1. The summed E-state index contributed by atoms with van der Waals surface area (Å²) in [7, 11) is 1.37. The van der Waals surface area contributed by atoms with Crippen LogP contribution in [0.5, 0.6) is 0 Å². The van der Waals surface area contributed by atoms with E-state index in [1.54, 1.807) is 23.3 Å². The number of methoxy groups -OCH3 is 1. The fourth-order valence-electron chi connectivity index (χ4n) is 2.68. The van der Waals surface area contributed by atoms with Gasteiger partial charge in [-0.25, -0.2) is 9.78 Å². The number of ether oxygens (including phenoxy) is 1. The van der Waals surface area contributed by atoms with Gasteiger partial charge in [-0.05, 0) is 31.2 Å². The van der Waals surface area contributed by atoms with E-state index in [9.17, 15) is 9.59 Å². The van der Waals surface area contributed by atoms with Crippen LogP contribution < -0.4 is 5.32 Å². The van der Waals surface area contributed by atoms with E-state index in [-0.39, 0.29) is 18.4 Å². The summed E-state index contributed by atoms with van der Waals surface area (Å²) in [5.74, 6) is -0.556. The highest BCUT2D eigenvalue weighted by molar-refractivity contribution is 7.17. The SMILES string of the molecule is COC(=O)c1c(NC(=O)Cn2ccnc2)sc2c1CCCC2. The van der Waals surface area contributed by atoms with Crippen molar-refractivity contribution in [1.29, 1.82) is 0 Å². The smallest absolute Gasteiger partial charge is 0.341 e. The van der Waals surface area contributed by atoms with Gasteiger partial charge in [0.05, 0.1) is 19.0 Å². The summed E-state index contributed by atoms with van der Waals surface area (Å²) in [6.07, 6.45) is 8.94. The Balaban J connectivity index is 1.84. The lowest BCUT2D eigenvalue weighted by atomic mass is 9.95. The van der Waals surface area contributed by atoms with E-state index < -0.39 is 0 Å². The van der Waals surface area contributed by atoms with Crippen LogP contribution in [0.2, 0.25) is 0 Å². The van der Waals surface area contributed by atoms with Crippen molar-refractivity contribution < 1.29 is 14.3 Å². The average molecular weight is 319 g/mol. The number of amides is 1. The van der Waals surface area contributed by atoms with Crippen molar-refractivity contribution in [3.8, 4) is 0 Å². The molecule has 116 valence electrons. The number of fused-ring (bicyclic) bond motifs is 1. The van der Waals surface area contributed by atoms with Crippen LogP contribution >= 0.6 is 11.3 Å². The summed E-state index contributed by atoms with van der Waals surface area (Å²) in [6, 6.07) is 0. The van der Waals surface area contributed by atoms with Crippen LogP contribution in [-0.4, -0.2) is 28.5 Å². The monoisotopic (exact) mass is 319 g/mol. The van der Waals surface area contributed by atoms with E-state index in [2.05, 4.69) is 10.3 Å². The molecule has 0 aromatic carbocycles. The number of carbonyl (C=O) groups is 2. The molecule has 2 aromatic rings. The first-order valence-corrected chi connectivity index (χ1v) is 7.99. The fourth-order valence-corrected chi connectivity index (χ4v) is 3.98. The lowest BCUT2D eigenvalue weighted by Crippen LogP contribution is -2.19. The standard InChI is InChI=1S/C15H17N3O3S/c1-21-15(20)13-10-4-2-3-5-11(10)22-14(13)17-12(19)8-18-7-6-16-9-18/h6-7,9H,2-5,8H2,1H3,(H,17,19). The summed E-state index contributed by atoms with van der Waals surface area (Å²) in [5, 5.41) is 3.45. The van der Waals surface area contributed by atoms with Gasteiger partial charge in [-0.1, -0.05) is 0 Å². The largest absolute Gasteiger partial charge is 0.465 e. The second-order valence-corrected chi connectivity index (χ2v) is 6.29. The highest BCUT2D eigenvalue weighted by Gasteiger charge is 2.26. The third kappa shape index (κ3) is 2.89. The first-order chi connectivity index (χ1) is 10.7. The minimum absolute atomic E-state index is 0.170. The molecule has 22 heavy (non-hydrogen) atoms. The molecule has 7 heteroatoms. The molecule has 0 saturated heterocycles. The minimum atomic E-state index is -0.377. The number of aryl methyl sites for hydroxylation is 1. The Kier molecular flexibility index (Phi) is 4.24. The molecule has 3 rings (SSSR count). The van der Waals surface area contributed by atoms with Gasteiger partial charge in [0.25, 0.3) is 0 Å². The summed E-state index contributed by atoms with van der Waals surface area (Å²) < 4.78 is 6.57. The number of carbonyl (C=O) groups excluding carboxylic acids is 2. The van der Waals surface area contributed by atoms with Gasteiger partial charge in [-0.2, -0.15) is 0 Å². The first kappa shape index (κ1) is 14.8. The molecular formula is C15H17N3O3S. The number of rotatable bonds is 4. The molecule has 1 N–H and O–H groups in total. The number of imidazole rings is 1. The van der Waals surface area contributed by atoms with Gasteiger partial charge in [-0.3, -0.25) is 4.79 Å². The molecule has 1 amide bonds. The Labute approximate surface area is 132 Å². The Morgan fingerprint density at radius 1 is 1.41 bits per heavy atom. The molecule has 0 unspecified atom stereocenters. The van der Waals surface area contributed by atoms with Crippen LogP contribution in [0.3, 0.4) is 0 Å². The molecule has 0 spiro atoms. The van der Waals surface area contributed by atoms with Gasteiger partial charge < -0.3 is 14.6 Å². The van der Waals surface area contributed by atoms with Crippen molar-refractivity contribution >= 4 is 28.2 Å². The number of aromatic nitrogens is 2. The molecule has 2 heterocycles. The molecule has 0 saturated carbocycles. The molecule has 0 atom stereocenters. The average Bonchev–Trinajstić information content (AvgIpc) is 3.13. The zero-order valence-corrected chi connectivity index (χ0v) is 13.1. The maximum atomic E-state index is 12.2. The number of nitrogens with one attached hydrogen (secondary N) is 1. The number of esters is 1. The lowest BCUT2D eigenvalue weighted by molar-refractivity contribution is -0.116. The van der Waals surface area contributed by atoms with E-state index in [4.69, 9.17) is 4.74 Å². The topological polar surface area (TPSA) is 73.2 Å². The Morgan fingerprint density at radius 2 is 2.23 bits per heavy atom. The van der Waals surface area contributed by atoms with Gasteiger partial charge in [0.15, 0.2) is 0 Å². The molecule has 0 radical (unpaired) electrons. The number of nitrogens with zero attached hydrogens (tertiary/aromatic N) is 2. The molecule has 6 nitrogen and oxygen atoms in total. The van der Waals surface area contributed by atoms with Crippen molar-refractivity contribution in [3.63, 3.8) is 0 Å². The molecule has 0 bridgehead atoms. The Morgan fingerprint density at radius 3 is 2.95 bits per heavy atom. The van der Waals surface area contributed by atoms with Crippen molar-refractivity contribution in [1.82, 2.24) is 9.55 Å². The summed E-state index contributed by atoms with van der Waals surface area (Å²) in [5.41, 5.74) is 1.57. The molecule has 1 aliphatic rings. The number of hydrogen-bond donors (Lipinski definition) is 1. The van der Waals surface area contributed by atoms with Crippen molar-refractivity contribution in [2.75, 3.05) is 12.4 Å². The summed E-state index contributed by atoms with van der Waals surface area (Å²) in [4.78, 5) is 29.3. The van der Waals surface area contributed by atoms with Crippen molar-refractivity contribution in [2.45, 2.75) is 32.2 Å². The highest BCUT2D eigenvalue weighted by atomic mass is 32.1. The molecule has 0 aliphatic heterocycles. The van der Waals surface area contributed by atoms with Crippen LogP contribution in [0.25, 0.3) is 0 Å². The maximum absolute atomic E-state index is 12.2. The van der Waals surface area contributed by atoms with Crippen LogP contribution in [0.4, 0.5) is 5.00 Å². The van der Waals surface area contributed by atoms with Crippen LogP contribution in [0, 0.1) is 0 Å². The zero-order valence-electron chi connectivity index (χ0n) is 12.3. The molecule has 2 aromatic heterocycles. The van der Waals surface area contributed by atoms with Gasteiger partial charge in [0.2, 0.25) is 5.91 Å². The lowest BCUT2D eigenvalue weighted by Gasteiger charge is -2.11. The van der Waals surface area contributed by atoms with Crippen LogP contribution in [0.15, 0.2) is 18.7 Å². The normalized spacial score (nSPS) is 13.5. The van der Waals surface area contributed by atoms with Crippen molar-refractivity contribution in [3.05, 3.63) is 34.7 Å². The van der Waals surface area contributed by atoms with E-state index in [1.807, 2.05) is 0 Å². The quantitative estimate of drug-likeness (QED) is 0.877. The third-order valence-electron chi connectivity index (χ3n) is 3.70. The second kappa shape index (κ2) is 6.31. The molecule has 1 aliphatic carbocycles. The van der Waals surface area contributed by atoms with Gasteiger partial charge >= 0.3 is 5.97 Å². The zero-order chi connectivity index (χ0) is 15.5. The fraction of sp³-hybridized carbons (Fsp3) is 0.400. The van der Waals surface area contributed by atoms with Crippen molar-refractivity contribution in [2.24, 2.45) is 0 Å². The number of hydrogen-bond acceptors (Lipinski definition) is 5. The summed E-state index contributed by atoms with van der Waals surface area (Å²) in [6.45, 7) is 0.170. The van der Waals surface area contributed by atoms with E-state index >= 15 is 0 Å². The minimum Gasteiger partial charge on any atom is -0.465 e. The van der Waals surface area contributed by atoms with Crippen LogP contribution in [-0.2, 0) is 28.9 Å². The second-order valence-electron chi connectivity index (χ2n) is 5.19. The van der Waals surface area contributed by atoms with Gasteiger partial charge in [0.1, 0.15) is 11.5 Å². The maximum Gasteiger partial charge on any atom is 0.341 e. The van der Waals surface area contributed by atoms with E-state index in [0.717, 1.165) is 31.2 Å². The van der Waals surface area contributed by atoms with E-state index in [1.165, 1.54) is 23.3 Å². The summed E-state index contributed by atoms with van der Waals surface area (Å²) >= 11 is 1.49. The highest BCUT2D eigenvalue weighted by Crippen LogP contribution is 2.38. The molecular weight excluding hydrogens is 302 g/mol. The number of thiophene rings is 1. The van der Waals surface area contributed by atoms with Gasteiger partial charge in [0, 0.05) is 17.3 Å². The predicted molar refractivity (Wildman–Crippen MR) is 83.2 cm³/mol. The molecule has 0 fully saturated rings. The first-order valence-electron chi connectivity index (χ1n) is 7.17. The Bertz CT molecular complexity index is 691. The van der Waals surface area contributed by atoms with Crippen LogP contribution in [0.1, 0.15) is 33.6 Å². The third-order valence-corrected chi connectivity index (χ3v) is 4.91. The predicted octanol–water partition coefficient (Wildman–Crippen LogP) is 2.25. The van der Waals surface area contributed by atoms with Gasteiger partial charge in [-0.15, -0.1) is 11.3 Å². The Hall–Kier alpha value is -2.15.